The third-order valence-corrected chi connectivity index (χ3v) is 7.52. The van der Waals surface area contributed by atoms with Gasteiger partial charge in [-0.3, -0.25) is 9.78 Å². The van der Waals surface area contributed by atoms with Crippen molar-refractivity contribution >= 4 is 15.9 Å². The predicted octanol–water partition coefficient (Wildman–Crippen LogP) is 3.38. The molecule has 0 radical (unpaired) electrons. The number of pyridine rings is 1. The minimum Gasteiger partial charge on any atom is -0.493 e. The number of hydrogen-bond donors (Lipinski definition) is 1. The minimum absolute atomic E-state index is 0.138. The van der Waals surface area contributed by atoms with Gasteiger partial charge in [-0.05, 0) is 66.4 Å². The third-order valence-electron chi connectivity index (χ3n) is 5.62. The van der Waals surface area contributed by atoms with Gasteiger partial charge in [-0.15, -0.1) is 0 Å². The van der Waals surface area contributed by atoms with Crippen LogP contribution in [-0.2, 0) is 23.2 Å². The van der Waals surface area contributed by atoms with Gasteiger partial charge in [-0.1, -0.05) is 12.1 Å². The van der Waals surface area contributed by atoms with E-state index in [0.29, 0.717) is 36.8 Å². The normalized spacial score (nSPS) is 14.0. The number of benzene rings is 2. The summed E-state index contributed by atoms with van der Waals surface area (Å²) < 4.78 is 38.4. The second-order valence-corrected chi connectivity index (χ2v) is 9.89. The molecule has 0 saturated carbocycles. The summed E-state index contributed by atoms with van der Waals surface area (Å²) in [5, 5.41) is 2.84. The van der Waals surface area contributed by atoms with E-state index in [9.17, 15) is 13.2 Å². The Bertz CT molecular complexity index is 1240. The van der Waals surface area contributed by atoms with E-state index in [2.05, 4.69) is 10.3 Å². The number of nitrogens with zero attached hydrogens (tertiary/aromatic N) is 2. The van der Waals surface area contributed by atoms with Crippen LogP contribution in [0.3, 0.4) is 0 Å². The summed E-state index contributed by atoms with van der Waals surface area (Å²) >= 11 is 0. The number of amides is 1. The molecule has 0 atom stereocenters. The smallest absolute Gasteiger partial charge is 0.251 e. The molecule has 1 fully saturated rings. The van der Waals surface area contributed by atoms with Crippen LogP contribution < -0.4 is 14.8 Å². The van der Waals surface area contributed by atoms with Crippen molar-refractivity contribution in [2.45, 2.75) is 30.9 Å². The molecule has 3 aromatic rings. The molecule has 1 saturated heterocycles. The van der Waals surface area contributed by atoms with E-state index < -0.39 is 10.0 Å². The van der Waals surface area contributed by atoms with E-state index in [-0.39, 0.29) is 17.3 Å². The summed E-state index contributed by atoms with van der Waals surface area (Å²) in [6.07, 6.45) is 5.13. The number of carbonyl (C=O) groups excluding carboxylic acids is 1. The molecule has 0 bridgehead atoms. The molecule has 9 heteroatoms. The fraction of sp³-hybridized carbons (Fsp3) is 0.280. The van der Waals surface area contributed by atoms with Crippen molar-refractivity contribution in [2.24, 2.45) is 0 Å². The van der Waals surface area contributed by atoms with Gasteiger partial charge in [0.1, 0.15) is 6.61 Å². The standard InChI is InChI=1S/C25H27N3O5S/c1-32-24-15-20(7-8-23(24)33-18-19-9-11-26-12-10-19)17-27-25(29)21-5-4-6-22(16-21)34(30,31)28-13-2-3-14-28/h4-12,15-16H,2-3,13-14,17-18H2,1H3,(H,27,29). The highest BCUT2D eigenvalue weighted by atomic mass is 32.2. The van der Waals surface area contributed by atoms with Gasteiger partial charge < -0.3 is 14.8 Å². The summed E-state index contributed by atoms with van der Waals surface area (Å²) in [4.78, 5) is 16.8. The van der Waals surface area contributed by atoms with Crippen LogP contribution in [0.15, 0.2) is 71.9 Å². The first-order valence-electron chi connectivity index (χ1n) is 11.0. The third kappa shape index (κ3) is 5.55. The van der Waals surface area contributed by atoms with E-state index in [1.165, 1.54) is 16.4 Å². The van der Waals surface area contributed by atoms with Crippen molar-refractivity contribution < 1.29 is 22.7 Å². The lowest BCUT2D eigenvalue weighted by atomic mass is 10.1. The SMILES string of the molecule is COc1cc(CNC(=O)c2cccc(S(=O)(=O)N3CCCC3)c2)ccc1OCc1ccncc1. The lowest BCUT2D eigenvalue weighted by Gasteiger charge is -2.16. The molecular weight excluding hydrogens is 454 g/mol. The minimum atomic E-state index is -3.58. The molecule has 1 aliphatic rings. The Hall–Kier alpha value is -3.43. The van der Waals surface area contributed by atoms with E-state index in [0.717, 1.165) is 24.0 Å². The number of hydrogen-bond acceptors (Lipinski definition) is 6. The summed E-state index contributed by atoms with van der Waals surface area (Å²) in [7, 11) is -2.02. The van der Waals surface area contributed by atoms with Crippen LogP contribution in [0.2, 0.25) is 0 Å². The van der Waals surface area contributed by atoms with Gasteiger partial charge in [0.2, 0.25) is 10.0 Å². The van der Waals surface area contributed by atoms with Crippen LogP contribution in [0.5, 0.6) is 11.5 Å². The van der Waals surface area contributed by atoms with Gasteiger partial charge in [0.15, 0.2) is 11.5 Å². The van der Waals surface area contributed by atoms with Crippen molar-refractivity contribution in [1.29, 1.82) is 0 Å². The first-order chi connectivity index (χ1) is 16.5. The molecule has 1 aliphatic heterocycles. The molecule has 1 amide bonds. The Morgan fingerprint density at radius 1 is 1.00 bits per heavy atom. The van der Waals surface area contributed by atoms with Crippen LogP contribution in [0.25, 0.3) is 0 Å². The molecule has 1 N–H and O–H groups in total. The number of carbonyl (C=O) groups is 1. The summed E-state index contributed by atoms with van der Waals surface area (Å²) in [5.41, 5.74) is 2.11. The molecule has 34 heavy (non-hydrogen) atoms. The van der Waals surface area contributed by atoms with Crippen LogP contribution in [-0.4, -0.2) is 43.8 Å². The molecule has 4 rings (SSSR count). The lowest BCUT2D eigenvalue weighted by Crippen LogP contribution is -2.28. The molecular formula is C25H27N3O5S. The first-order valence-corrected chi connectivity index (χ1v) is 12.5. The number of aromatic nitrogens is 1. The summed E-state index contributed by atoms with van der Waals surface area (Å²) in [6.45, 7) is 1.67. The molecule has 0 unspecified atom stereocenters. The van der Waals surface area contributed by atoms with Crippen molar-refractivity contribution in [3.8, 4) is 11.5 Å². The summed E-state index contributed by atoms with van der Waals surface area (Å²) in [6, 6.07) is 15.4. The Labute approximate surface area is 199 Å². The highest BCUT2D eigenvalue weighted by Crippen LogP contribution is 2.29. The van der Waals surface area contributed by atoms with Crippen molar-refractivity contribution in [3.63, 3.8) is 0 Å². The lowest BCUT2D eigenvalue weighted by molar-refractivity contribution is 0.0950. The van der Waals surface area contributed by atoms with Gasteiger partial charge in [-0.25, -0.2) is 8.42 Å². The number of sulfonamides is 1. The fourth-order valence-electron chi connectivity index (χ4n) is 3.74. The largest absolute Gasteiger partial charge is 0.493 e. The second kappa shape index (κ2) is 10.7. The molecule has 0 aliphatic carbocycles. The first kappa shape index (κ1) is 23.7. The van der Waals surface area contributed by atoms with Crippen molar-refractivity contribution in [1.82, 2.24) is 14.6 Å². The van der Waals surface area contributed by atoms with Gasteiger partial charge in [0.25, 0.3) is 5.91 Å². The van der Waals surface area contributed by atoms with Crippen LogP contribution in [0, 0.1) is 0 Å². The van der Waals surface area contributed by atoms with E-state index in [4.69, 9.17) is 9.47 Å². The molecule has 2 aromatic carbocycles. The zero-order valence-corrected chi connectivity index (χ0v) is 19.8. The van der Waals surface area contributed by atoms with E-state index >= 15 is 0 Å². The molecule has 2 heterocycles. The second-order valence-electron chi connectivity index (χ2n) is 7.95. The molecule has 0 spiro atoms. The quantitative estimate of drug-likeness (QED) is 0.503. The molecule has 1 aromatic heterocycles. The van der Waals surface area contributed by atoms with Gasteiger partial charge in [0, 0.05) is 37.6 Å². The Morgan fingerprint density at radius 2 is 1.76 bits per heavy atom. The van der Waals surface area contributed by atoms with Crippen LogP contribution in [0.1, 0.15) is 34.3 Å². The van der Waals surface area contributed by atoms with Crippen molar-refractivity contribution in [3.05, 3.63) is 83.7 Å². The van der Waals surface area contributed by atoms with Crippen LogP contribution >= 0.6 is 0 Å². The maximum Gasteiger partial charge on any atom is 0.251 e. The molecule has 178 valence electrons. The number of rotatable bonds is 9. The average Bonchev–Trinajstić information content (AvgIpc) is 3.43. The monoisotopic (exact) mass is 481 g/mol. The Morgan fingerprint density at radius 3 is 2.50 bits per heavy atom. The topological polar surface area (TPSA) is 97.8 Å². The van der Waals surface area contributed by atoms with Gasteiger partial charge in [-0.2, -0.15) is 4.31 Å². The van der Waals surface area contributed by atoms with Crippen LogP contribution in [0.4, 0.5) is 0 Å². The van der Waals surface area contributed by atoms with E-state index in [1.807, 2.05) is 18.2 Å². The summed E-state index contributed by atoms with van der Waals surface area (Å²) in [5.74, 6) is 0.796. The zero-order chi connectivity index (χ0) is 24.0. The highest BCUT2D eigenvalue weighted by Gasteiger charge is 2.27. The maximum atomic E-state index is 12.8. The fourth-order valence-corrected chi connectivity index (χ4v) is 5.30. The average molecular weight is 482 g/mol. The van der Waals surface area contributed by atoms with Gasteiger partial charge in [0.05, 0.1) is 12.0 Å². The van der Waals surface area contributed by atoms with E-state index in [1.54, 1.807) is 43.8 Å². The Balaban J connectivity index is 1.40. The molecule has 8 nitrogen and oxygen atoms in total. The predicted molar refractivity (Wildman–Crippen MR) is 127 cm³/mol. The Kier molecular flexibility index (Phi) is 7.44. The number of nitrogens with one attached hydrogen (secondary N) is 1. The number of methoxy groups -OCH3 is 1. The highest BCUT2D eigenvalue weighted by molar-refractivity contribution is 7.89. The maximum absolute atomic E-state index is 12.8. The van der Waals surface area contributed by atoms with Crippen molar-refractivity contribution in [2.75, 3.05) is 20.2 Å². The zero-order valence-electron chi connectivity index (χ0n) is 18.9. The number of ether oxygens (including phenoxy) is 2. The van der Waals surface area contributed by atoms with Gasteiger partial charge >= 0.3 is 0 Å².